The van der Waals surface area contributed by atoms with Crippen molar-refractivity contribution in [3.05, 3.63) is 74.3 Å². The molecule has 0 saturated heterocycles. The smallest absolute Gasteiger partial charge is 0.418 e. The van der Waals surface area contributed by atoms with E-state index >= 15 is 0 Å². The van der Waals surface area contributed by atoms with E-state index in [0.717, 1.165) is 17.7 Å². The minimum atomic E-state index is -4.87. The van der Waals surface area contributed by atoms with Crippen LogP contribution in [0.1, 0.15) is 16.7 Å². The largest absolute Gasteiger partial charge is 0.422 e. The molecule has 4 nitrogen and oxygen atoms in total. The van der Waals surface area contributed by atoms with Crippen LogP contribution in [0.3, 0.4) is 0 Å². The monoisotopic (exact) mass is 413 g/mol. The summed E-state index contributed by atoms with van der Waals surface area (Å²) in [6.45, 7) is 1.79. The molecule has 0 saturated carbocycles. The Morgan fingerprint density at radius 2 is 1.89 bits per heavy atom. The number of rotatable bonds is 3. The van der Waals surface area contributed by atoms with Gasteiger partial charge in [-0.2, -0.15) is 13.2 Å². The molecular weight excluding hydrogens is 402 g/mol. The number of alkyl halides is 3. The Hall–Kier alpha value is -2.87. The topological polar surface area (TPSA) is 59.3 Å². The van der Waals surface area contributed by atoms with Gasteiger partial charge in [0.2, 0.25) is 5.91 Å². The van der Waals surface area contributed by atoms with Gasteiger partial charge in [0.05, 0.1) is 28.3 Å². The van der Waals surface area contributed by atoms with Crippen LogP contribution in [0.25, 0.3) is 11.0 Å². The lowest BCUT2D eigenvalue weighted by molar-refractivity contribution is -0.137. The molecule has 3 aromatic rings. The molecular formula is C19H12ClF4NO3. The lowest BCUT2D eigenvalue weighted by Crippen LogP contribution is -2.22. The van der Waals surface area contributed by atoms with Crippen molar-refractivity contribution >= 4 is 34.2 Å². The summed E-state index contributed by atoms with van der Waals surface area (Å²) in [4.78, 5) is 24.4. The number of hydrogen-bond donors (Lipinski definition) is 1. The van der Waals surface area contributed by atoms with Gasteiger partial charge in [-0.1, -0.05) is 23.2 Å². The lowest BCUT2D eigenvalue weighted by Gasteiger charge is -2.14. The van der Waals surface area contributed by atoms with E-state index in [1.165, 1.54) is 0 Å². The highest BCUT2D eigenvalue weighted by molar-refractivity contribution is 6.36. The third-order valence-electron chi connectivity index (χ3n) is 3.98. The van der Waals surface area contributed by atoms with Crippen molar-refractivity contribution in [1.82, 2.24) is 0 Å². The Morgan fingerprint density at radius 3 is 2.57 bits per heavy atom. The minimum absolute atomic E-state index is 0.0137. The summed E-state index contributed by atoms with van der Waals surface area (Å²) < 4.78 is 57.4. The number of aryl methyl sites for hydroxylation is 1. The second-order valence-electron chi connectivity index (χ2n) is 6.09. The molecule has 0 fully saturated rings. The fourth-order valence-electron chi connectivity index (χ4n) is 2.68. The predicted octanol–water partition coefficient (Wildman–Crippen LogP) is 5.09. The fourth-order valence-corrected chi connectivity index (χ4v) is 2.97. The molecule has 0 unspecified atom stereocenters. The van der Waals surface area contributed by atoms with E-state index in [-0.39, 0.29) is 22.2 Å². The number of fused-ring (bicyclic) bond motifs is 1. The van der Waals surface area contributed by atoms with Crippen molar-refractivity contribution in [2.24, 2.45) is 0 Å². The maximum absolute atomic E-state index is 13.2. The maximum atomic E-state index is 13.2. The molecule has 1 heterocycles. The Kier molecular flexibility index (Phi) is 5.16. The average molecular weight is 414 g/mol. The van der Waals surface area contributed by atoms with Crippen molar-refractivity contribution in [2.45, 2.75) is 19.5 Å². The van der Waals surface area contributed by atoms with Gasteiger partial charge in [-0.3, -0.25) is 4.79 Å². The maximum Gasteiger partial charge on any atom is 0.418 e. The summed E-state index contributed by atoms with van der Waals surface area (Å²) in [5, 5.41) is 2.43. The molecule has 1 aromatic heterocycles. The van der Waals surface area contributed by atoms with Crippen LogP contribution < -0.4 is 10.9 Å². The third kappa shape index (κ3) is 4.01. The second kappa shape index (κ2) is 7.27. The predicted molar refractivity (Wildman–Crippen MR) is 96.0 cm³/mol. The summed E-state index contributed by atoms with van der Waals surface area (Å²) in [6.07, 6.45) is -5.48. The van der Waals surface area contributed by atoms with E-state index in [9.17, 15) is 27.2 Å². The first-order valence-electron chi connectivity index (χ1n) is 7.94. The van der Waals surface area contributed by atoms with Crippen molar-refractivity contribution in [2.75, 3.05) is 5.32 Å². The molecule has 0 aliphatic carbocycles. The lowest BCUT2D eigenvalue weighted by atomic mass is 10.1. The Morgan fingerprint density at radius 1 is 1.18 bits per heavy atom. The van der Waals surface area contributed by atoms with Crippen molar-refractivity contribution < 1.29 is 26.8 Å². The van der Waals surface area contributed by atoms with Crippen LogP contribution in [0.5, 0.6) is 0 Å². The second-order valence-corrected chi connectivity index (χ2v) is 6.47. The number of amides is 1. The first kappa shape index (κ1) is 19.9. The summed E-state index contributed by atoms with van der Waals surface area (Å²) >= 11 is 6.22. The zero-order valence-electron chi connectivity index (χ0n) is 14.3. The summed E-state index contributed by atoms with van der Waals surface area (Å²) in [7, 11) is 0. The number of halogens is 5. The summed E-state index contributed by atoms with van der Waals surface area (Å²) in [6, 6.07) is 6.77. The average Bonchev–Trinajstić information content (AvgIpc) is 2.60. The van der Waals surface area contributed by atoms with Gasteiger partial charge in [0.15, 0.2) is 0 Å². The first-order valence-corrected chi connectivity index (χ1v) is 8.32. The number of benzene rings is 2. The molecule has 0 aliphatic heterocycles. The molecule has 0 radical (unpaired) electrons. The molecule has 9 heteroatoms. The highest BCUT2D eigenvalue weighted by Crippen LogP contribution is 2.35. The number of anilines is 1. The van der Waals surface area contributed by atoms with Gasteiger partial charge in [0.1, 0.15) is 11.4 Å². The van der Waals surface area contributed by atoms with Crippen LogP contribution >= 0.6 is 11.6 Å². The molecule has 146 valence electrons. The molecule has 0 spiro atoms. The molecule has 0 aliphatic rings. The van der Waals surface area contributed by atoms with E-state index < -0.39 is 41.2 Å². The van der Waals surface area contributed by atoms with Gasteiger partial charge >= 0.3 is 11.8 Å². The van der Waals surface area contributed by atoms with E-state index in [1.807, 2.05) is 5.32 Å². The van der Waals surface area contributed by atoms with Crippen LogP contribution in [0.2, 0.25) is 5.02 Å². The Balaban J connectivity index is 1.94. The SMILES string of the molecule is Cc1ccc2oc(=O)c(CC(=O)Nc3ccc(F)cc3C(F)(F)F)c(Cl)c2c1. The quantitative estimate of drug-likeness (QED) is 0.480. The molecule has 3 rings (SSSR count). The van der Waals surface area contributed by atoms with Gasteiger partial charge in [0.25, 0.3) is 0 Å². The molecule has 28 heavy (non-hydrogen) atoms. The van der Waals surface area contributed by atoms with E-state index in [1.54, 1.807) is 25.1 Å². The van der Waals surface area contributed by atoms with Gasteiger partial charge in [-0.15, -0.1) is 0 Å². The molecule has 0 atom stereocenters. The Labute approximate surface area is 160 Å². The zero-order valence-corrected chi connectivity index (χ0v) is 15.0. The molecule has 1 amide bonds. The van der Waals surface area contributed by atoms with Gasteiger partial charge in [-0.05, 0) is 37.3 Å². The van der Waals surface area contributed by atoms with Crippen molar-refractivity contribution in [3.63, 3.8) is 0 Å². The van der Waals surface area contributed by atoms with E-state index in [0.29, 0.717) is 5.39 Å². The van der Waals surface area contributed by atoms with Crippen molar-refractivity contribution in [1.29, 1.82) is 0 Å². The van der Waals surface area contributed by atoms with Crippen molar-refractivity contribution in [3.8, 4) is 0 Å². The summed E-state index contributed by atoms with van der Waals surface area (Å²) in [5.74, 6) is -2.03. The van der Waals surface area contributed by atoms with Crippen LogP contribution in [0.15, 0.2) is 45.6 Å². The Bertz CT molecular complexity index is 1140. The highest BCUT2D eigenvalue weighted by Gasteiger charge is 2.34. The molecule has 2 aromatic carbocycles. The zero-order chi connectivity index (χ0) is 20.6. The third-order valence-corrected chi connectivity index (χ3v) is 4.42. The highest BCUT2D eigenvalue weighted by atomic mass is 35.5. The fraction of sp³-hybridized carbons (Fsp3) is 0.158. The van der Waals surface area contributed by atoms with Crippen LogP contribution in [0, 0.1) is 12.7 Å². The van der Waals surface area contributed by atoms with Gasteiger partial charge < -0.3 is 9.73 Å². The summed E-state index contributed by atoms with van der Waals surface area (Å²) in [5.41, 5.74) is -1.97. The minimum Gasteiger partial charge on any atom is -0.422 e. The number of hydrogen-bond acceptors (Lipinski definition) is 3. The number of carbonyl (C=O) groups excluding carboxylic acids is 1. The van der Waals surface area contributed by atoms with Crippen LogP contribution in [-0.2, 0) is 17.4 Å². The van der Waals surface area contributed by atoms with Gasteiger partial charge in [-0.25, -0.2) is 9.18 Å². The number of carbonyl (C=O) groups is 1. The van der Waals surface area contributed by atoms with Gasteiger partial charge in [0, 0.05) is 5.39 Å². The standard InChI is InChI=1S/C19H12ClF4NO3/c1-9-2-5-15-11(6-9)17(20)12(18(27)28-15)8-16(26)25-14-4-3-10(21)7-13(14)19(22,23)24/h2-7H,8H2,1H3,(H,25,26). The van der Waals surface area contributed by atoms with E-state index in [2.05, 4.69) is 0 Å². The number of nitrogens with one attached hydrogen (secondary N) is 1. The molecule has 1 N–H and O–H groups in total. The first-order chi connectivity index (χ1) is 13.1. The van der Waals surface area contributed by atoms with E-state index in [4.69, 9.17) is 16.0 Å². The van der Waals surface area contributed by atoms with Crippen LogP contribution in [0.4, 0.5) is 23.2 Å². The normalized spacial score (nSPS) is 11.6. The molecule has 0 bridgehead atoms. The van der Waals surface area contributed by atoms with Crippen LogP contribution in [-0.4, -0.2) is 5.91 Å².